The lowest BCUT2D eigenvalue weighted by atomic mass is 9.92. The van der Waals surface area contributed by atoms with Crippen LogP contribution in [0.3, 0.4) is 0 Å². The molecule has 2 amide bonds. The van der Waals surface area contributed by atoms with Crippen molar-refractivity contribution in [3.05, 3.63) is 158 Å². The summed E-state index contributed by atoms with van der Waals surface area (Å²) in [4.78, 5) is 31.6. The Labute approximate surface area is 409 Å². The number of rotatable bonds is 13. The summed E-state index contributed by atoms with van der Waals surface area (Å²) >= 11 is 26.0. The van der Waals surface area contributed by atoms with E-state index in [1.165, 1.54) is 63.3 Å². The third-order valence-corrected chi connectivity index (χ3v) is 16.6. The van der Waals surface area contributed by atoms with E-state index in [1.54, 1.807) is 48.9 Å². The summed E-state index contributed by atoms with van der Waals surface area (Å²) in [5.74, 6) is -1.74. The number of sulfonamides is 2. The van der Waals surface area contributed by atoms with Crippen LogP contribution in [-0.4, -0.2) is 57.9 Å². The molecule has 0 fully saturated rings. The largest absolute Gasteiger partial charge is 0.393 e. The first-order chi connectivity index (χ1) is 31.9. The van der Waals surface area contributed by atoms with Crippen molar-refractivity contribution >= 4 is 101 Å². The molecule has 348 valence electrons. The van der Waals surface area contributed by atoms with Crippen LogP contribution in [0.2, 0.25) is 20.1 Å². The van der Waals surface area contributed by atoms with Gasteiger partial charge in [0.1, 0.15) is 16.4 Å². The normalized spacial score (nSPS) is 15.8. The van der Waals surface area contributed by atoms with Gasteiger partial charge in [0.25, 0.3) is 26.0 Å². The number of carbonyl (C=O) groups is 2. The van der Waals surface area contributed by atoms with Crippen LogP contribution in [0.4, 0.5) is 22.7 Å². The summed E-state index contributed by atoms with van der Waals surface area (Å²) in [5, 5.41) is 16.4. The number of hydrogen-bond donors (Lipinski definition) is 3. The molecule has 0 radical (unpaired) electrons. The number of benzene rings is 4. The average Bonchev–Trinajstić information content (AvgIpc) is 3.30. The smallest absolute Gasteiger partial charge is 0.264 e. The molecule has 0 spiro atoms. The predicted molar refractivity (Wildman–Crippen MR) is 262 cm³/mol. The summed E-state index contributed by atoms with van der Waals surface area (Å²) in [6.45, 7) is 3.61. The molecule has 0 bridgehead atoms. The number of aliphatic hydroxyl groups is 1. The van der Waals surface area contributed by atoms with Crippen LogP contribution >= 0.6 is 46.4 Å². The first-order valence-electron chi connectivity index (χ1n) is 21.4. The fourth-order valence-electron chi connectivity index (χ4n) is 8.39. The van der Waals surface area contributed by atoms with Crippen LogP contribution in [0.15, 0.2) is 125 Å². The third-order valence-electron chi connectivity index (χ3n) is 11.9. The summed E-state index contributed by atoms with van der Waals surface area (Å²) < 4.78 is 62.7. The maximum atomic E-state index is 14.9. The molecule has 19 heteroatoms. The molecule has 0 saturated heterocycles. The number of carbonyl (C=O) groups excluding carboxylic acids is 2. The van der Waals surface area contributed by atoms with Crippen LogP contribution in [-0.2, 0) is 37.7 Å². The fourth-order valence-corrected chi connectivity index (χ4v) is 12.7. The number of pyridine rings is 2. The van der Waals surface area contributed by atoms with Gasteiger partial charge in [-0.3, -0.25) is 23.2 Å². The molecule has 67 heavy (non-hydrogen) atoms. The molecule has 3 N–H and O–H groups in total. The molecular weight excluding hydrogens is 979 g/mol. The fraction of sp³-hybridized carbons (Fsp3) is 0.250. The van der Waals surface area contributed by atoms with E-state index in [0.717, 1.165) is 5.56 Å². The summed E-state index contributed by atoms with van der Waals surface area (Å²) in [6.07, 6.45) is 4.68. The minimum Gasteiger partial charge on any atom is -0.393 e. The van der Waals surface area contributed by atoms with Crippen molar-refractivity contribution in [1.82, 2.24) is 4.98 Å². The number of fused-ring (bicyclic) bond motifs is 2. The van der Waals surface area contributed by atoms with Gasteiger partial charge < -0.3 is 15.7 Å². The second-order valence-corrected chi connectivity index (χ2v) is 22.0. The van der Waals surface area contributed by atoms with Crippen molar-refractivity contribution < 1.29 is 36.1 Å². The SMILES string of the molecule is CC(O)CCC1Cc2ncc(NC(=O)c3c(Cl)cccc3Cl)cc2N(S(=O)(=O)c2ccc(-[n+]3cc(NC(=O)C(C)c4ccccc4)cc4c3CCCN4S(=O)(=O)c3cccc(Cl)c3)c(Cl)c2)C1. The lowest BCUT2D eigenvalue weighted by Gasteiger charge is -2.35. The molecule has 0 saturated carbocycles. The molecule has 2 aromatic heterocycles. The minimum atomic E-state index is -4.39. The van der Waals surface area contributed by atoms with E-state index in [2.05, 4.69) is 15.6 Å². The van der Waals surface area contributed by atoms with Gasteiger partial charge in [0, 0.05) is 30.6 Å². The van der Waals surface area contributed by atoms with Gasteiger partial charge in [-0.05, 0) is 106 Å². The zero-order valence-electron chi connectivity index (χ0n) is 36.2. The van der Waals surface area contributed by atoms with E-state index < -0.39 is 38.0 Å². The van der Waals surface area contributed by atoms with Crippen molar-refractivity contribution in [3.63, 3.8) is 0 Å². The molecule has 0 aliphatic carbocycles. The van der Waals surface area contributed by atoms with E-state index in [0.29, 0.717) is 54.9 Å². The predicted octanol–water partition coefficient (Wildman–Crippen LogP) is 9.64. The standard InChI is InChI=1S/C48H44Cl4N6O7S2/c1-29(59)16-17-31-21-41-44(23-34(26-53-41)54-48(61)46-38(50)13-7-14-39(46)51)58(27-31)67(64,65)37-18-19-42(40(52)25-37)56-28-35(55-47(60)30(2)32-9-4-3-5-10-32)24-45-43(56)15-8-20-57(45)66(62,63)36-12-6-11-33(49)22-36/h3-7,9-14,18-19,22-26,28-31,59H,8,15-17,20-21,27H2,1-2H3,(H-,54,55,60,61)/p+1. The van der Waals surface area contributed by atoms with Crippen LogP contribution in [0, 0.1) is 5.92 Å². The van der Waals surface area contributed by atoms with Crippen molar-refractivity contribution in [2.75, 3.05) is 32.3 Å². The maximum Gasteiger partial charge on any atom is 0.264 e. The molecule has 2 aliphatic heterocycles. The Bertz CT molecular complexity index is 3110. The number of nitrogens with zero attached hydrogens (tertiary/aromatic N) is 4. The number of aliphatic hydroxyl groups excluding tert-OH is 1. The third kappa shape index (κ3) is 10.1. The number of hydrogen-bond acceptors (Lipinski definition) is 8. The summed E-state index contributed by atoms with van der Waals surface area (Å²) in [6, 6.07) is 27.3. The van der Waals surface area contributed by atoms with Gasteiger partial charge in [-0.1, -0.05) is 88.9 Å². The molecule has 3 unspecified atom stereocenters. The summed E-state index contributed by atoms with van der Waals surface area (Å²) in [5.41, 5.74) is 3.19. The Hall–Kier alpha value is -5.26. The monoisotopic (exact) mass is 1020 g/mol. The number of halogens is 4. The van der Waals surface area contributed by atoms with Gasteiger partial charge in [-0.15, -0.1) is 0 Å². The van der Waals surface area contributed by atoms with E-state index in [9.17, 15) is 31.5 Å². The van der Waals surface area contributed by atoms with Crippen molar-refractivity contribution in [3.8, 4) is 5.69 Å². The first-order valence-corrected chi connectivity index (χ1v) is 25.8. The Morgan fingerprint density at radius 3 is 2.18 bits per heavy atom. The number of amides is 2. The quantitative estimate of drug-likeness (QED) is 0.0961. The first kappa shape index (κ1) is 48.2. The van der Waals surface area contributed by atoms with E-state index in [-0.39, 0.29) is 77.4 Å². The highest BCUT2D eigenvalue weighted by atomic mass is 35.5. The maximum absolute atomic E-state index is 14.9. The number of aromatic nitrogens is 2. The van der Waals surface area contributed by atoms with Crippen molar-refractivity contribution in [1.29, 1.82) is 0 Å². The molecule has 8 rings (SSSR count). The highest BCUT2D eigenvalue weighted by molar-refractivity contribution is 7.93. The number of nitrogens with one attached hydrogen (secondary N) is 2. The van der Waals surface area contributed by atoms with Crippen LogP contribution in [0.1, 0.15) is 66.3 Å². The van der Waals surface area contributed by atoms with Gasteiger partial charge in [-0.2, -0.15) is 4.57 Å². The van der Waals surface area contributed by atoms with Crippen LogP contribution in [0.25, 0.3) is 5.69 Å². The molecule has 6 aromatic rings. The van der Waals surface area contributed by atoms with Crippen molar-refractivity contribution in [2.24, 2.45) is 5.92 Å². The van der Waals surface area contributed by atoms with Gasteiger partial charge >= 0.3 is 0 Å². The molecular formula is C48H45Cl4N6O7S2+. The minimum absolute atomic E-state index is 0.0128. The highest BCUT2D eigenvalue weighted by Crippen LogP contribution is 2.39. The Morgan fingerprint density at radius 1 is 0.791 bits per heavy atom. The molecule has 2 aliphatic rings. The van der Waals surface area contributed by atoms with Crippen LogP contribution < -0.4 is 23.8 Å². The zero-order valence-corrected chi connectivity index (χ0v) is 40.8. The molecule has 4 aromatic carbocycles. The number of anilines is 4. The van der Waals surface area contributed by atoms with Gasteiger partial charge in [0.05, 0.1) is 60.7 Å². The average molecular weight is 1020 g/mol. The van der Waals surface area contributed by atoms with Gasteiger partial charge in [-0.25, -0.2) is 16.8 Å². The lowest BCUT2D eigenvalue weighted by molar-refractivity contribution is -0.603. The Balaban J connectivity index is 1.19. The van der Waals surface area contributed by atoms with E-state index in [4.69, 9.17) is 46.4 Å². The van der Waals surface area contributed by atoms with E-state index in [1.807, 2.05) is 30.3 Å². The van der Waals surface area contributed by atoms with Gasteiger partial charge in [0.2, 0.25) is 17.3 Å². The van der Waals surface area contributed by atoms with Crippen LogP contribution in [0.5, 0.6) is 0 Å². The second kappa shape index (κ2) is 19.8. The molecule has 3 atom stereocenters. The highest BCUT2D eigenvalue weighted by Gasteiger charge is 2.38. The molecule has 4 heterocycles. The van der Waals surface area contributed by atoms with E-state index >= 15 is 0 Å². The molecule has 13 nitrogen and oxygen atoms in total. The zero-order chi connectivity index (χ0) is 47.8. The topological polar surface area (TPSA) is 170 Å². The van der Waals surface area contributed by atoms with Gasteiger partial charge in [0.15, 0.2) is 6.20 Å². The lowest BCUT2D eigenvalue weighted by Crippen LogP contribution is -2.44. The second-order valence-electron chi connectivity index (χ2n) is 16.6. The Morgan fingerprint density at radius 2 is 1.48 bits per heavy atom. The Kier molecular flexibility index (Phi) is 14.2. The summed E-state index contributed by atoms with van der Waals surface area (Å²) in [7, 11) is -8.56. The van der Waals surface area contributed by atoms with Crippen molar-refractivity contribution in [2.45, 2.75) is 67.8 Å².